The zero-order chi connectivity index (χ0) is 22.5. The van der Waals surface area contributed by atoms with E-state index in [1.54, 1.807) is 0 Å². The van der Waals surface area contributed by atoms with E-state index in [4.69, 9.17) is 14.5 Å². The predicted molar refractivity (Wildman–Crippen MR) is 119 cm³/mol. The van der Waals surface area contributed by atoms with Crippen LogP contribution in [-0.2, 0) is 18.6 Å². The van der Waals surface area contributed by atoms with Crippen molar-refractivity contribution in [2.75, 3.05) is 13.2 Å². The number of rotatable bonds is 21. The smallest absolute Gasteiger partial charge is 0.463 e. The molecule has 0 bridgehead atoms. The molecule has 0 amide bonds. The summed E-state index contributed by atoms with van der Waals surface area (Å²) in [7, 11) is -4.62. The number of unbranched alkanes of at least 4 members (excludes halogenated alkanes) is 12. The Morgan fingerprint density at radius 3 is 1.87 bits per heavy atom. The lowest BCUT2D eigenvalue weighted by Gasteiger charge is -2.12. The average molecular weight is 451 g/mol. The van der Waals surface area contributed by atoms with Gasteiger partial charge < -0.3 is 19.6 Å². The maximum atomic E-state index is 11.6. The minimum absolute atomic E-state index is 0.282. The predicted octanol–water partition coefficient (Wildman–Crippen LogP) is 5.43. The Morgan fingerprint density at radius 1 is 0.833 bits per heavy atom. The first-order valence-corrected chi connectivity index (χ1v) is 13.1. The Hall–Kier alpha value is -0.720. The monoisotopic (exact) mass is 450 g/mol. The fourth-order valence-electron chi connectivity index (χ4n) is 3.01. The average Bonchev–Trinajstić information content (AvgIpc) is 2.69. The fourth-order valence-corrected chi connectivity index (χ4v) is 3.38. The van der Waals surface area contributed by atoms with Crippen molar-refractivity contribution < 1.29 is 33.5 Å². The maximum Gasteiger partial charge on any atom is 0.469 e. The number of aliphatic hydroxyl groups excluding tert-OH is 1. The van der Waals surface area contributed by atoms with Crippen LogP contribution in [0.1, 0.15) is 103 Å². The highest BCUT2D eigenvalue weighted by Crippen LogP contribution is 2.35. The van der Waals surface area contributed by atoms with Gasteiger partial charge in [-0.2, -0.15) is 0 Å². The van der Waals surface area contributed by atoms with Crippen LogP contribution in [0.15, 0.2) is 12.2 Å². The molecule has 0 spiro atoms. The Kier molecular flexibility index (Phi) is 19.7. The van der Waals surface area contributed by atoms with Crippen molar-refractivity contribution in [3.63, 3.8) is 0 Å². The molecule has 7 nitrogen and oxygen atoms in total. The highest BCUT2D eigenvalue weighted by atomic mass is 31.2. The van der Waals surface area contributed by atoms with E-state index < -0.39 is 26.5 Å². The lowest BCUT2D eigenvalue weighted by molar-refractivity contribution is -0.147. The molecule has 0 aromatic heterocycles. The van der Waals surface area contributed by atoms with Crippen molar-refractivity contribution in [1.82, 2.24) is 0 Å². The standard InChI is InChI=1S/C22H43O7P/c1-2-3-4-5-6-7-8-9-10-11-12-13-14-15-16-17-18-22(24)28-19-21(23)20-29-30(25,26)27/h10-11,21,23H,2-9,12-20H2,1H3,(H2,25,26,27)/b11-10+/t21-/m1/s1. The summed E-state index contributed by atoms with van der Waals surface area (Å²) >= 11 is 0. The quantitative estimate of drug-likeness (QED) is 0.0925. The van der Waals surface area contributed by atoms with Crippen LogP contribution in [0.25, 0.3) is 0 Å². The van der Waals surface area contributed by atoms with Gasteiger partial charge in [-0.15, -0.1) is 0 Å². The molecule has 0 heterocycles. The summed E-state index contributed by atoms with van der Waals surface area (Å²) in [5.74, 6) is -0.418. The third kappa shape index (κ3) is 23.6. The van der Waals surface area contributed by atoms with Crippen molar-refractivity contribution in [1.29, 1.82) is 0 Å². The van der Waals surface area contributed by atoms with Crippen LogP contribution in [0.3, 0.4) is 0 Å². The van der Waals surface area contributed by atoms with Crippen LogP contribution >= 0.6 is 7.82 Å². The minimum Gasteiger partial charge on any atom is -0.463 e. The molecule has 0 aliphatic heterocycles. The highest BCUT2D eigenvalue weighted by molar-refractivity contribution is 7.46. The molecule has 0 aromatic carbocycles. The number of hydrogen-bond donors (Lipinski definition) is 3. The summed E-state index contributed by atoms with van der Waals surface area (Å²) in [6, 6.07) is 0. The number of carbonyl (C=O) groups is 1. The lowest BCUT2D eigenvalue weighted by atomic mass is 10.1. The summed E-state index contributed by atoms with van der Waals surface area (Å²) in [6.07, 6.45) is 20.5. The molecule has 0 rings (SSSR count). The molecule has 0 radical (unpaired) electrons. The number of phosphoric ester groups is 1. The van der Waals surface area contributed by atoms with E-state index in [2.05, 4.69) is 23.6 Å². The Labute approximate surface area is 182 Å². The Bertz CT molecular complexity index is 476. The molecule has 8 heteroatoms. The zero-order valence-electron chi connectivity index (χ0n) is 18.7. The normalized spacial score (nSPS) is 13.1. The van der Waals surface area contributed by atoms with Crippen LogP contribution in [-0.4, -0.2) is 40.2 Å². The van der Waals surface area contributed by atoms with Gasteiger partial charge in [0, 0.05) is 6.42 Å². The molecule has 178 valence electrons. The van der Waals surface area contributed by atoms with Crippen molar-refractivity contribution in [3.8, 4) is 0 Å². The molecule has 0 aromatic rings. The number of phosphoric acid groups is 1. The number of esters is 1. The highest BCUT2D eigenvalue weighted by Gasteiger charge is 2.17. The van der Waals surface area contributed by atoms with Gasteiger partial charge in [0.2, 0.25) is 0 Å². The van der Waals surface area contributed by atoms with E-state index >= 15 is 0 Å². The molecule has 0 fully saturated rings. The van der Waals surface area contributed by atoms with Crippen molar-refractivity contribution >= 4 is 13.8 Å². The van der Waals surface area contributed by atoms with Gasteiger partial charge in [-0.05, 0) is 32.1 Å². The molecule has 30 heavy (non-hydrogen) atoms. The van der Waals surface area contributed by atoms with E-state index in [0.29, 0.717) is 0 Å². The first kappa shape index (κ1) is 29.3. The maximum absolute atomic E-state index is 11.6. The van der Waals surface area contributed by atoms with E-state index in [-0.39, 0.29) is 13.0 Å². The molecule has 0 aliphatic rings. The molecule has 0 unspecified atom stereocenters. The lowest BCUT2D eigenvalue weighted by Crippen LogP contribution is -2.23. The summed E-state index contributed by atoms with van der Waals surface area (Å²) in [5, 5.41) is 9.42. The molecule has 1 atom stereocenters. The van der Waals surface area contributed by atoms with Crippen LogP contribution in [0, 0.1) is 0 Å². The second-order valence-corrected chi connectivity index (χ2v) is 9.05. The summed E-state index contributed by atoms with van der Waals surface area (Å²) in [6.45, 7) is 1.34. The second kappa shape index (κ2) is 20.2. The van der Waals surface area contributed by atoms with Gasteiger partial charge in [0.05, 0.1) is 6.61 Å². The number of aliphatic hydroxyl groups is 1. The molecular formula is C22H43O7P. The number of carbonyl (C=O) groups excluding carboxylic acids is 1. The van der Waals surface area contributed by atoms with Gasteiger partial charge in [0.1, 0.15) is 12.7 Å². The topological polar surface area (TPSA) is 113 Å². The molecule has 0 aliphatic carbocycles. The largest absolute Gasteiger partial charge is 0.469 e. The number of allylic oxidation sites excluding steroid dienone is 2. The van der Waals surface area contributed by atoms with Crippen molar-refractivity contribution in [2.45, 2.75) is 109 Å². The molecule has 0 saturated carbocycles. The van der Waals surface area contributed by atoms with Gasteiger partial charge in [0.15, 0.2) is 0 Å². The summed E-state index contributed by atoms with van der Waals surface area (Å²) in [5.41, 5.74) is 0. The Balaban J connectivity index is 3.36. The molecule has 0 saturated heterocycles. The second-order valence-electron chi connectivity index (χ2n) is 7.81. The van der Waals surface area contributed by atoms with E-state index in [1.165, 1.54) is 57.8 Å². The fraction of sp³-hybridized carbons (Fsp3) is 0.864. The van der Waals surface area contributed by atoms with E-state index in [9.17, 15) is 14.5 Å². The third-order valence-corrected chi connectivity index (χ3v) is 5.25. The number of ether oxygens (including phenoxy) is 1. The van der Waals surface area contributed by atoms with E-state index in [0.717, 1.165) is 32.1 Å². The van der Waals surface area contributed by atoms with Crippen LogP contribution in [0.4, 0.5) is 0 Å². The van der Waals surface area contributed by atoms with Gasteiger partial charge >= 0.3 is 13.8 Å². The number of hydrogen-bond acceptors (Lipinski definition) is 5. The van der Waals surface area contributed by atoms with Gasteiger partial charge in [-0.3, -0.25) is 9.32 Å². The van der Waals surface area contributed by atoms with Crippen molar-refractivity contribution in [2.24, 2.45) is 0 Å². The molecule has 3 N–H and O–H groups in total. The third-order valence-electron chi connectivity index (χ3n) is 4.76. The van der Waals surface area contributed by atoms with Crippen LogP contribution in [0.2, 0.25) is 0 Å². The first-order valence-electron chi connectivity index (χ1n) is 11.5. The van der Waals surface area contributed by atoms with Gasteiger partial charge in [0.25, 0.3) is 0 Å². The first-order chi connectivity index (χ1) is 14.3. The van der Waals surface area contributed by atoms with Crippen molar-refractivity contribution in [3.05, 3.63) is 12.2 Å². The SMILES string of the molecule is CCCCCCCCC/C=C/CCCCCCCC(=O)OC[C@@H](O)COP(=O)(O)O. The summed E-state index contributed by atoms with van der Waals surface area (Å²) < 4.78 is 19.5. The summed E-state index contributed by atoms with van der Waals surface area (Å²) in [4.78, 5) is 28.6. The van der Waals surface area contributed by atoms with Gasteiger partial charge in [-0.25, -0.2) is 4.57 Å². The van der Waals surface area contributed by atoms with Gasteiger partial charge in [-0.1, -0.05) is 76.9 Å². The minimum atomic E-state index is -4.62. The molecular weight excluding hydrogens is 407 g/mol. The zero-order valence-corrected chi connectivity index (χ0v) is 19.6. The van der Waals surface area contributed by atoms with E-state index in [1.807, 2.05) is 0 Å². The van der Waals surface area contributed by atoms with Crippen LogP contribution in [0.5, 0.6) is 0 Å². The Morgan fingerprint density at radius 2 is 1.33 bits per heavy atom. The van der Waals surface area contributed by atoms with Crippen LogP contribution < -0.4 is 0 Å².